The van der Waals surface area contributed by atoms with Crippen LogP contribution in [0, 0.1) is 13.8 Å². The van der Waals surface area contributed by atoms with Crippen molar-refractivity contribution < 1.29 is 4.79 Å². The van der Waals surface area contributed by atoms with E-state index in [2.05, 4.69) is 46.8 Å². The molecule has 1 aliphatic rings. The van der Waals surface area contributed by atoms with Crippen LogP contribution in [0.15, 0.2) is 30.5 Å². The lowest BCUT2D eigenvalue weighted by Crippen LogP contribution is -2.09. The Kier molecular flexibility index (Phi) is 3.84. The second-order valence-corrected chi connectivity index (χ2v) is 5.97. The van der Waals surface area contributed by atoms with E-state index in [1.54, 1.807) is 0 Å². The number of pyridine rings is 1. The molecule has 0 unspecified atom stereocenters. The zero-order valence-electron chi connectivity index (χ0n) is 13.2. The first-order chi connectivity index (χ1) is 10.5. The SMILES string of the molecule is CC(=O)Nc1ncc(-c2cccc(NC3CC3)c2C)cc1C. The number of hydrogen-bond acceptors (Lipinski definition) is 3. The van der Waals surface area contributed by atoms with Gasteiger partial charge in [-0.3, -0.25) is 4.79 Å². The van der Waals surface area contributed by atoms with Crippen molar-refractivity contribution in [3.05, 3.63) is 41.6 Å². The van der Waals surface area contributed by atoms with E-state index in [1.807, 2.05) is 13.1 Å². The Bertz CT molecular complexity index is 720. The fraction of sp³-hybridized carbons (Fsp3) is 0.333. The molecule has 4 nitrogen and oxygen atoms in total. The molecule has 1 amide bonds. The first-order valence-corrected chi connectivity index (χ1v) is 7.65. The van der Waals surface area contributed by atoms with Crippen LogP contribution >= 0.6 is 0 Å². The lowest BCUT2D eigenvalue weighted by atomic mass is 9.99. The van der Waals surface area contributed by atoms with Crippen LogP contribution in [0.2, 0.25) is 0 Å². The molecule has 2 N–H and O–H groups in total. The number of anilines is 2. The van der Waals surface area contributed by atoms with E-state index in [1.165, 1.54) is 36.6 Å². The van der Waals surface area contributed by atoms with Crippen LogP contribution in [0.25, 0.3) is 11.1 Å². The average molecular weight is 295 g/mol. The van der Waals surface area contributed by atoms with Gasteiger partial charge in [0.2, 0.25) is 5.91 Å². The topological polar surface area (TPSA) is 54.0 Å². The highest BCUT2D eigenvalue weighted by atomic mass is 16.1. The van der Waals surface area contributed by atoms with Gasteiger partial charge in [0, 0.05) is 30.4 Å². The van der Waals surface area contributed by atoms with Gasteiger partial charge >= 0.3 is 0 Å². The molecule has 1 aliphatic carbocycles. The number of hydrogen-bond donors (Lipinski definition) is 2. The lowest BCUT2D eigenvalue weighted by Gasteiger charge is -2.14. The summed E-state index contributed by atoms with van der Waals surface area (Å²) in [5, 5.41) is 6.32. The molecule has 114 valence electrons. The zero-order valence-corrected chi connectivity index (χ0v) is 13.2. The number of carbonyl (C=O) groups excluding carboxylic acids is 1. The highest BCUT2D eigenvalue weighted by molar-refractivity contribution is 5.88. The van der Waals surface area contributed by atoms with Gasteiger partial charge in [0.15, 0.2) is 0 Å². The number of rotatable bonds is 4. The quantitative estimate of drug-likeness (QED) is 0.899. The van der Waals surface area contributed by atoms with E-state index in [0.29, 0.717) is 11.9 Å². The van der Waals surface area contributed by atoms with Crippen LogP contribution in [0.5, 0.6) is 0 Å². The van der Waals surface area contributed by atoms with E-state index in [-0.39, 0.29) is 5.91 Å². The molecule has 0 bridgehead atoms. The minimum Gasteiger partial charge on any atom is -0.382 e. The molecule has 0 atom stereocenters. The molecule has 1 aromatic carbocycles. The minimum atomic E-state index is -0.102. The molecular weight excluding hydrogens is 274 g/mol. The van der Waals surface area contributed by atoms with Crippen LogP contribution < -0.4 is 10.6 Å². The van der Waals surface area contributed by atoms with E-state index >= 15 is 0 Å². The van der Waals surface area contributed by atoms with Gasteiger partial charge < -0.3 is 10.6 Å². The van der Waals surface area contributed by atoms with Crippen molar-refractivity contribution in [2.75, 3.05) is 10.6 Å². The van der Waals surface area contributed by atoms with E-state index in [9.17, 15) is 4.79 Å². The number of nitrogens with one attached hydrogen (secondary N) is 2. The Hall–Kier alpha value is -2.36. The maximum Gasteiger partial charge on any atom is 0.222 e. The van der Waals surface area contributed by atoms with Crippen molar-refractivity contribution in [3.8, 4) is 11.1 Å². The molecule has 22 heavy (non-hydrogen) atoms. The molecule has 0 radical (unpaired) electrons. The molecule has 0 aliphatic heterocycles. The number of nitrogens with zero attached hydrogens (tertiary/aromatic N) is 1. The van der Waals surface area contributed by atoms with Gasteiger partial charge in [-0.05, 0) is 55.5 Å². The Balaban J connectivity index is 1.93. The molecule has 1 aromatic heterocycles. The standard InChI is InChI=1S/C18H21N3O/c1-11-9-14(10-19-18(11)20-13(3)22)16-5-4-6-17(12(16)2)21-15-7-8-15/h4-6,9-10,15,21H,7-8H2,1-3H3,(H,19,20,22). The average Bonchev–Trinajstić information content (AvgIpc) is 3.27. The number of benzene rings is 1. The molecular formula is C18H21N3O. The van der Waals surface area contributed by atoms with Crippen molar-refractivity contribution in [2.45, 2.75) is 39.7 Å². The van der Waals surface area contributed by atoms with Gasteiger partial charge in [0.1, 0.15) is 5.82 Å². The summed E-state index contributed by atoms with van der Waals surface area (Å²) in [4.78, 5) is 15.6. The monoisotopic (exact) mass is 295 g/mol. The Morgan fingerprint density at radius 1 is 1.27 bits per heavy atom. The summed E-state index contributed by atoms with van der Waals surface area (Å²) in [6, 6.07) is 9.02. The fourth-order valence-corrected chi connectivity index (χ4v) is 2.57. The molecule has 2 aromatic rings. The van der Waals surface area contributed by atoms with E-state index in [0.717, 1.165) is 11.1 Å². The molecule has 1 fully saturated rings. The fourth-order valence-electron chi connectivity index (χ4n) is 2.57. The van der Waals surface area contributed by atoms with Gasteiger partial charge in [-0.2, -0.15) is 0 Å². The molecule has 0 spiro atoms. The Labute approximate surface area is 131 Å². The number of aromatic nitrogens is 1. The maximum atomic E-state index is 11.2. The van der Waals surface area contributed by atoms with Gasteiger partial charge in [-0.1, -0.05) is 12.1 Å². The van der Waals surface area contributed by atoms with Crippen molar-refractivity contribution in [2.24, 2.45) is 0 Å². The summed E-state index contributed by atoms with van der Waals surface area (Å²) in [5.41, 5.74) is 5.65. The predicted octanol–water partition coefficient (Wildman–Crippen LogP) is 3.90. The second kappa shape index (κ2) is 5.79. The smallest absolute Gasteiger partial charge is 0.222 e. The third kappa shape index (κ3) is 3.11. The largest absolute Gasteiger partial charge is 0.382 e. The molecule has 1 heterocycles. The number of amides is 1. The van der Waals surface area contributed by atoms with Crippen LogP contribution in [-0.4, -0.2) is 16.9 Å². The van der Waals surface area contributed by atoms with Crippen molar-refractivity contribution in [1.82, 2.24) is 4.98 Å². The first-order valence-electron chi connectivity index (χ1n) is 7.65. The van der Waals surface area contributed by atoms with Crippen LogP contribution in [0.3, 0.4) is 0 Å². The first kappa shape index (κ1) is 14.6. The Morgan fingerprint density at radius 2 is 2.05 bits per heavy atom. The molecule has 1 saturated carbocycles. The number of carbonyl (C=O) groups is 1. The summed E-state index contributed by atoms with van der Waals surface area (Å²) in [7, 11) is 0. The zero-order chi connectivity index (χ0) is 15.7. The molecule has 4 heteroatoms. The van der Waals surface area contributed by atoms with Crippen molar-refractivity contribution in [1.29, 1.82) is 0 Å². The van der Waals surface area contributed by atoms with Crippen LogP contribution in [-0.2, 0) is 4.79 Å². The lowest BCUT2D eigenvalue weighted by molar-refractivity contribution is -0.114. The van der Waals surface area contributed by atoms with Gasteiger partial charge in [0.05, 0.1) is 0 Å². The van der Waals surface area contributed by atoms with Crippen molar-refractivity contribution >= 4 is 17.4 Å². The minimum absolute atomic E-state index is 0.102. The van der Waals surface area contributed by atoms with E-state index < -0.39 is 0 Å². The third-order valence-corrected chi connectivity index (χ3v) is 3.95. The highest BCUT2D eigenvalue weighted by Crippen LogP contribution is 2.32. The maximum absolute atomic E-state index is 11.2. The van der Waals surface area contributed by atoms with Crippen molar-refractivity contribution in [3.63, 3.8) is 0 Å². The number of aryl methyl sites for hydroxylation is 1. The van der Waals surface area contributed by atoms with E-state index in [4.69, 9.17) is 0 Å². The molecule has 0 saturated heterocycles. The summed E-state index contributed by atoms with van der Waals surface area (Å²) in [6.07, 6.45) is 4.34. The van der Waals surface area contributed by atoms with Crippen LogP contribution in [0.1, 0.15) is 30.9 Å². The normalized spacial score (nSPS) is 13.8. The summed E-state index contributed by atoms with van der Waals surface area (Å²) in [5.74, 6) is 0.524. The Morgan fingerprint density at radius 3 is 2.68 bits per heavy atom. The molecule has 3 rings (SSSR count). The summed E-state index contributed by atoms with van der Waals surface area (Å²) in [6.45, 7) is 5.59. The third-order valence-electron chi connectivity index (χ3n) is 3.95. The van der Waals surface area contributed by atoms with Crippen LogP contribution in [0.4, 0.5) is 11.5 Å². The predicted molar refractivity (Wildman–Crippen MR) is 90.1 cm³/mol. The summed E-state index contributed by atoms with van der Waals surface area (Å²) >= 11 is 0. The second-order valence-electron chi connectivity index (χ2n) is 5.97. The summed E-state index contributed by atoms with van der Waals surface area (Å²) < 4.78 is 0. The highest BCUT2D eigenvalue weighted by Gasteiger charge is 2.21. The van der Waals surface area contributed by atoms with Gasteiger partial charge in [0.25, 0.3) is 0 Å². The van der Waals surface area contributed by atoms with Gasteiger partial charge in [-0.15, -0.1) is 0 Å². The van der Waals surface area contributed by atoms with Gasteiger partial charge in [-0.25, -0.2) is 4.98 Å².